The number of aliphatic hydroxyl groups is 1. The maximum Gasteiger partial charge on any atom is 0.220 e. The van der Waals surface area contributed by atoms with E-state index in [-0.39, 0.29) is 12.5 Å². The van der Waals surface area contributed by atoms with E-state index in [1.54, 1.807) is 0 Å². The second kappa shape index (κ2) is 6.79. The first-order chi connectivity index (χ1) is 6.83. The predicted molar refractivity (Wildman–Crippen MR) is 55.0 cm³/mol. The third-order valence-corrected chi connectivity index (χ3v) is 2.25. The molecule has 4 heteroatoms. The van der Waals surface area contributed by atoms with Crippen molar-refractivity contribution in [3.05, 3.63) is 0 Å². The van der Waals surface area contributed by atoms with Gasteiger partial charge in [0.1, 0.15) is 0 Å². The van der Waals surface area contributed by atoms with Crippen molar-refractivity contribution in [2.45, 2.75) is 38.1 Å². The number of hydrogen-bond acceptors (Lipinski definition) is 3. The molecule has 1 aliphatic carbocycles. The lowest BCUT2D eigenvalue weighted by atomic mass is 10.3. The third kappa shape index (κ3) is 5.94. The minimum Gasteiger partial charge on any atom is -0.396 e. The van der Waals surface area contributed by atoms with Gasteiger partial charge in [-0.2, -0.15) is 0 Å². The van der Waals surface area contributed by atoms with Crippen molar-refractivity contribution in [2.24, 2.45) is 0 Å². The van der Waals surface area contributed by atoms with Crippen LogP contribution in [0.3, 0.4) is 0 Å². The standard InChI is InChI=1S/C10H20N2O2/c13-8-1-3-10(14)12-7-2-6-11-9-4-5-9/h9,11,13H,1-8H2,(H,12,14). The van der Waals surface area contributed by atoms with Crippen molar-refractivity contribution < 1.29 is 9.90 Å². The van der Waals surface area contributed by atoms with E-state index in [0.717, 1.165) is 25.6 Å². The van der Waals surface area contributed by atoms with Crippen LogP contribution < -0.4 is 10.6 Å². The molecule has 1 fully saturated rings. The smallest absolute Gasteiger partial charge is 0.220 e. The fourth-order valence-corrected chi connectivity index (χ4v) is 1.24. The molecule has 14 heavy (non-hydrogen) atoms. The van der Waals surface area contributed by atoms with Crippen LogP contribution in [-0.4, -0.2) is 36.8 Å². The lowest BCUT2D eigenvalue weighted by Crippen LogP contribution is -2.27. The Morgan fingerprint density at radius 2 is 2.07 bits per heavy atom. The van der Waals surface area contributed by atoms with Crippen LogP contribution in [0.15, 0.2) is 0 Å². The molecular formula is C10H20N2O2. The van der Waals surface area contributed by atoms with Crippen LogP contribution in [0.4, 0.5) is 0 Å². The van der Waals surface area contributed by atoms with Crippen LogP contribution in [-0.2, 0) is 4.79 Å². The highest BCUT2D eigenvalue weighted by atomic mass is 16.3. The zero-order chi connectivity index (χ0) is 10.2. The van der Waals surface area contributed by atoms with Gasteiger partial charge in [-0.05, 0) is 32.2 Å². The molecule has 1 amide bonds. The second-order valence-electron chi connectivity index (χ2n) is 3.76. The van der Waals surface area contributed by atoms with E-state index in [2.05, 4.69) is 10.6 Å². The largest absolute Gasteiger partial charge is 0.396 e. The average molecular weight is 200 g/mol. The van der Waals surface area contributed by atoms with E-state index < -0.39 is 0 Å². The molecule has 0 bridgehead atoms. The maximum absolute atomic E-state index is 11.1. The molecule has 0 radical (unpaired) electrons. The van der Waals surface area contributed by atoms with Crippen molar-refractivity contribution in [3.63, 3.8) is 0 Å². The van der Waals surface area contributed by atoms with Crippen molar-refractivity contribution >= 4 is 5.91 Å². The van der Waals surface area contributed by atoms with Gasteiger partial charge < -0.3 is 15.7 Å². The maximum atomic E-state index is 11.1. The summed E-state index contributed by atoms with van der Waals surface area (Å²) in [5.41, 5.74) is 0. The summed E-state index contributed by atoms with van der Waals surface area (Å²) < 4.78 is 0. The average Bonchev–Trinajstić information content (AvgIpc) is 2.98. The number of nitrogens with one attached hydrogen (secondary N) is 2. The molecule has 1 rings (SSSR count). The summed E-state index contributed by atoms with van der Waals surface area (Å²) in [5, 5.41) is 14.7. The summed E-state index contributed by atoms with van der Waals surface area (Å²) in [7, 11) is 0. The fourth-order valence-electron chi connectivity index (χ4n) is 1.24. The molecule has 0 aliphatic heterocycles. The van der Waals surface area contributed by atoms with Gasteiger partial charge in [-0.1, -0.05) is 0 Å². The number of amides is 1. The molecule has 3 N–H and O–H groups in total. The molecule has 0 aromatic rings. The van der Waals surface area contributed by atoms with Gasteiger partial charge in [0.15, 0.2) is 0 Å². The van der Waals surface area contributed by atoms with Gasteiger partial charge in [-0.3, -0.25) is 4.79 Å². The van der Waals surface area contributed by atoms with Crippen LogP contribution in [0.5, 0.6) is 0 Å². The molecular weight excluding hydrogens is 180 g/mol. The molecule has 0 heterocycles. The molecule has 0 atom stereocenters. The molecule has 82 valence electrons. The molecule has 0 saturated heterocycles. The Bertz CT molecular complexity index is 170. The Balaban J connectivity index is 1.79. The first-order valence-corrected chi connectivity index (χ1v) is 5.44. The molecule has 1 aliphatic rings. The van der Waals surface area contributed by atoms with Crippen LogP contribution in [0.25, 0.3) is 0 Å². The van der Waals surface area contributed by atoms with E-state index >= 15 is 0 Å². The Kier molecular flexibility index (Phi) is 5.56. The number of hydrogen-bond donors (Lipinski definition) is 3. The van der Waals surface area contributed by atoms with Crippen LogP contribution in [0.1, 0.15) is 32.1 Å². The molecule has 0 spiro atoms. The van der Waals surface area contributed by atoms with E-state index in [1.165, 1.54) is 12.8 Å². The molecule has 1 saturated carbocycles. The zero-order valence-corrected chi connectivity index (χ0v) is 8.59. The Hall–Kier alpha value is -0.610. The SMILES string of the molecule is O=C(CCCO)NCCCNC1CC1. The monoisotopic (exact) mass is 200 g/mol. The van der Waals surface area contributed by atoms with Crippen molar-refractivity contribution in [3.8, 4) is 0 Å². The van der Waals surface area contributed by atoms with Crippen LogP contribution in [0, 0.1) is 0 Å². The molecule has 0 unspecified atom stereocenters. The molecule has 0 aromatic carbocycles. The van der Waals surface area contributed by atoms with E-state index in [4.69, 9.17) is 5.11 Å². The van der Waals surface area contributed by atoms with Gasteiger partial charge in [0.2, 0.25) is 5.91 Å². The Morgan fingerprint density at radius 3 is 2.71 bits per heavy atom. The second-order valence-corrected chi connectivity index (χ2v) is 3.76. The third-order valence-electron chi connectivity index (χ3n) is 2.25. The van der Waals surface area contributed by atoms with Gasteiger partial charge in [0.05, 0.1) is 0 Å². The fraction of sp³-hybridized carbons (Fsp3) is 0.900. The summed E-state index contributed by atoms with van der Waals surface area (Å²) in [6.07, 6.45) is 4.60. The van der Waals surface area contributed by atoms with Gasteiger partial charge in [0, 0.05) is 25.6 Å². The lowest BCUT2D eigenvalue weighted by molar-refractivity contribution is -0.121. The number of rotatable bonds is 8. The number of carbonyl (C=O) groups excluding carboxylic acids is 1. The first-order valence-electron chi connectivity index (χ1n) is 5.44. The van der Waals surface area contributed by atoms with Crippen LogP contribution >= 0.6 is 0 Å². The quantitative estimate of drug-likeness (QED) is 0.484. The van der Waals surface area contributed by atoms with Crippen molar-refractivity contribution in [1.82, 2.24) is 10.6 Å². The lowest BCUT2D eigenvalue weighted by Gasteiger charge is -2.05. The minimum atomic E-state index is 0.0467. The van der Waals surface area contributed by atoms with Crippen LogP contribution in [0.2, 0.25) is 0 Å². The molecule has 0 aromatic heterocycles. The highest BCUT2D eigenvalue weighted by molar-refractivity contribution is 5.75. The van der Waals surface area contributed by atoms with Crippen molar-refractivity contribution in [2.75, 3.05) is 19.7 Å². The van der Waals surface area contributed by atoms with Gasteiger partial charge in [-0.15, -0.1) is 0 Å². The summed E-state index contributed by atoms with van der Waals surface area (Å²) in [5.74, 6) is 0.0467. The van der Waals surface area contributed by atoms with Gasteiger partial charge >= 0.3 is 0 Å². The molecule has 4 nitrogen and oxygen atoms in total. The van der Waals surface area contributed by atoms with Crippen molar-refractivity contribution in [1.29, 1.82) is 0 Å². The summed E-state index contributed by atoms with van der Waals surface area (Å²) in [6.45, 7) is 1.82. The normalized spacial score (nSPS) is 15.5. The zero-order valence-electron chi connectivity index (χ0n) is 8.59. The minimum absolute atomic E-state index is 0.0467. The Morgan fingerprint density at radius 1 is 1.29 bits per heavy atom. The Labute approximate surface area is 85.1 Å². The van der Waals surface area contributed by atoms with E-state index in [0.29, 0.717) is 12.8 Å². The highest BCUT2D eigenvalue weighted by Crippen LogP contribution is 2.18. The number of carbonyl (C=O) groups is 1. The van der Waals surface area contributed by atoms with E-state index in [1.807, 2.05) is 0 Å². The number of aliphatic hydroxyl groups excluding tert-OH is 1. The van der Waals surface area contributed by atoms with Gasteiger partial charge in [-0.25, -0.2) is 0 Å². The summed E-state index contributed by atoms with van der Waals surface area (Å²) in [6, 6.07) is 0.750. The van der Waals surface area contributed by atoms with Gasteiger partial charge in [0.25, 0.3) is 0 Å². The predicted octanol–water partition coefficient (Wildman–Crippen LogP) is 0.0172. The summed E-state index contributed by atoms with van der Waals surface area (Å²) >= 11 is 0. The van der Waals surface area contributed by atoms with E-state index in [9.17, 15) is 4.79 Å². The highest BCUT2D eigenvalue weighted by Gasteiger charge is 2.19. The topological polar surface area (TPSA) is 61.4 Å². The first kappa shape index (κ1) is 11.5. The summed E-state index contributed by atoms with van der Waals surface area (Å²) in [4.78, 5) is 11.1.